The van der Waals surface area contributed by atoms with Crippen LogP contribution < -0.4 is 0 Å². The number of aliphatic hydroxyl groups excluding tert-OH is 1. The molecule has 0 aromatic carbocycles. The molecule has 0 radical (unpaired) electrons. The number of hydrogen-bond donors (Lipinski definition) is 1. The fourth-order valence-corrected chi connectivity index (χ4v) is 3.09. The van der Waals surface area contributed by atoms with Gasteiger partial charge in [-0.2, -0.15) is 0 Å². The molecule has 0 bridgehead atoms. The summed E-state index contributed by atoms with van der Waals surface area (Å²) in [4.78, 5) is 2.32. The largest absolute Gasteiger partial charge is 0.395 e. The molecule has 0 saturated heterocycles. The lowest BCUT2D eigenvalue weighted by atomic mass is 10.1. The lowest BCUT2D eigenvalue weighted by Crippen LogP contribution is -2.34. The predicted molar refractivity (Wildman–Crippen MR) is 120 cm³/mol. The highest BCUT2D eigenvalue weighted by Crippen LogP contribution is 2.11. The van der Waals surface area contributed by atoms with Crippen molar-refractivity contribution in [1.82, 2.24) is 4.90 Å². The van der Waals surface area contributed by atoms with Crippen LogP contribution in [0, 0.1) is 5.92 Å². The molecule has 2 nitrogen and oxygen atoms in total. The molecule has 0 unspecified atom stereocenters. The van der Waals surface area contributed by atoms with Gasteiger partial charge in [0.25, 0.3) is 0 Å². The maximum atomic E-state index is 8.81. The summed E-state index contributed by atoms with van der Waals surface area (Å²) in [6.07, 6.45) is 18.6. The van der Waals surface area contributed by atoms with Crippen molar-refractivity contribution in [3.05, 3.63) is 0 Å². The number of hydrogen-bond acceptors (Lipinski definition) is 2. The van der Waals surface area contributed by atoms with E-state index in [1.165, 1.54) is 83.5 Å². The average Bonchev–Trinajstić information content (AvgIpc) is 2.60. The Morgan fingerprint density at radius 1 is 0.615 bits per heavy atom. The first-order valence-corrected chi connectivity index (χ1v) is 11.8. The van der Waals surface area contributed by atoms with Crippen molar-refractivity contribution in [2.45, 2.75) is 131 Å². The molecule has 1 N–H and O–H groups in total. The molecule has 0 saturated carbocycles. The Bertz CT molecular complexity index is 228. The zero-order chi connectivity index (χ0) is 20.0. The summed E-state index contributed by atoms with van der Waals surface area (Å²) >= 11 is 0. The average molecular weight is 372 g/mol. The molecule has 0 fully saturated rings. The molecule has 160 valence electrons. The molecular weight excluding hydrogens is 318 g/mol. The van der Waals surface area contributed by atoms with E-state index in [1.54, 1.807) is 0 Å². The Balaban J connectivity index is 0. The second-order valence-corrected chi connectivity index (χ2v) is 8.57. The fraction of sp³-hybridized carbons (Fsp3) is 1.00. The minimum atomic E-state index is 0.274. The topological polar surface area (TPSA) is 23.5 Å². The van der Waals surface area contributed by atoms with Crippen molar-refractivity contribution in [3.8, 4) is 0 Å². The lowest BCUT2D eigenvalue weighted by Gasteiger charge is -2.26. The molecule has 0 rings (SSSR count). The Kier molecular flexibility index (Phi) is 24.8. The first kappa shape index (κ1) is 28.1. The summed E-state index contributed by atoms with van der Waals surface area (Å²) in [7, 11) is 0. The second-order valence-electron chi connectivity index (χ2n) is 8.57. The van der Waals surface area contributed by atoms with Crippen molar-refractivity contribution in [1.29, 1.82) is 0 Å². The number of aliphatic hydroxyl groups is 1. The molecule has 0 atom stereocenters. The van der Waals surface area contributed by atoms with E-state index in [0.717, 1.165) is 19.0 Å². The van der Waals surface area contributed by atoms with E-state index < -0.39 is 0 Å². The van der Waals surface area contributed by atoms with E-state index in [4.69, 9.17) is 5.11 Å². The molecule has 0 heterocycles. The van der Waals surface area contributed by atoms with Crippen LogP contribution in [0.1, 0.15) is 125 Å². The number of nitrogens with zero attached hydrogens (tertiary/aromatic N) is 1. The van der Waals surface area contributed by atoms with Crippen molar-refractivity contribution < 1.29 is 5.11 Å². The van der Waals surface area contributed by atoms with Crippen LogP contribution >= 0.6 is 0 Å². The van der Waals surface area contributed by atoms with Gasteiger partial charge in [-0.05, 0) is 32.7 Å². The van der Waals surface area contributed by atoms with Gasteiger partial charge in [0.1, 0.15) is 0 Å². The Morgan fingerprint density at radius 2 is 1.00 bits per heavy atom. The maximum absolute atomic E-state index is 8.81. The number of unbranched alkanes of at least 4 members (excludes halogenated alkanes) is 11. The fourth-order valence-electron chi connectivity index (χ4n) is 3.09. The summed E-state index contributed by atoms with van der Waals surface area (Å²) < 4.78 is 0. The van der Waals surface area contributed by atoms with E-state index in [-0.39, 0.29) is 6.61 Å². The van der Waals surface area contributed by atoms with Gasteiger partial charge < -0.3 is 5.11 Å². The number of rotatable bonds is 17. The van der Waals surface area contributed by atoms with Crippen LogP contribution in [0.15, 0.2) is 0 Å². The zero-order valence-electron chi connectivity index (χ0n) is 19.4. The highest BCUT2D eigenvalue weighted by molar-refractivity contribution is 4.63. The van der Waals surface area contributed by atoms with Gasteiger partial charge in [-0.1, -0.05) is 105 Å². The van der Waals surface area contributed by atoms with Crippen LogP contribution in [-0.4, -0.2) is 35.7 Å². The first-order valence-electron chi connectivity index (χ1n) is 11.8. The lowest BCUT2D eigenvalue weighted by molar-refractivity contribution is 0.159. The Morgan fingerprint density at radius 3 is 1.27 bits per heavy atom. The summed E-state index contributed by atoms with van der Waals surface area (Å²) in [6.45, 7) is 15.6. The highest BCUT2D eigenvalue weighted by atomic mass is 16.3. The van der Waals surface area contributed by atoms with E-state index >= 15 is 0 Å². The molecule has 0 aliphatic rings. The van der Waals surface area contributed by atoms with E-state index in [9.17, 15) is 0 Å². The van der Waals surface area contributed by atoms with Gasteiger partial charge in [0.05, 0.1) is 6.61 Å². The van der Waals surface area contributed by atoms with Crippen molar-refractivity contribution in [2.24, 2.45) is 5.92 Å². The van der Waals surface area contributed by atoms with Gasteiger partial charge in [0.15, 0.2) is 0 Å². The van der Waals surface area contributed by atoms with Crippen LogP contribution in [0.25, 0.3) is 0 Å². The molecule has 0 aromatic rings. The van der Waals surface area contributed by atoms with Crippen LogP contribution in [-0.2, 0) is 0 Å². The molecule has 0 aliphatic heterocycles. The minimum Gasteiger partial charge on any atom is -0.395 e. The SMILES string of the molecule is CC(C)CCN(CCO)C(C)C.CCCCCCCCCCCCCC. The third kappa shape index (κ3) is 23.9. The van der Waals surface area contributed by atoms with E-state index in [2.05, 4.69) is 46.4 Å². The van der Waals surface area contributed by atoms with Crippen LogP contribution in [0.4, 0.5) is 0 Å². The van der Waals surface area contributed by atoms with Gasteiger partial charge in [-0.3, -0.25) is 4.90 Å². The smallest absolute Gasteiger partial charge is 0.0558 e. The Labute approximate surface area is 167 Å². The third-order valence-corrected chi connectivity index (χ3v) is 5.07. The van der Waals surface area contributed by atoms with Crippen LogP contribution in [0.2, 0.25) is 0 Å². The molecule has 0 aliphatic carbocycles. The summed E-state index contributed by atoms with van der Waals surface area (Å²) in [5, 5.41) is 8.81. The standard InChI is InChI=1S/C14H30.C10H23NO/c1-3-5-7-9-11-13-14-12-10-8-6-4-2;1-9(2)5-6-11(7-8-12)10(3)4/h3-14H2,1-2H3;9-10,12H,5-8H2,1-4H3. The van der Waals surface area contributed by atoms with Gasteiger partial charge >= 0.3 is 0 Å². The first-order chi connectivity index (χ1) is 12.5. The van der Waals surface area contributed by atoms with Crippen LogP contribution in [0.3, 0.4) is 0 Å². The van der Waals surface area contributed by atoms with Gasteiger partial charge in [-0.25, -0.2) is 0 Å². The summed E-state index contributed by atoms with van der Waals surface area (Å²) in [6, 6.07) is 0.552. The van der Waals surface area contributed by atoms with E-state index in [0.29, 0.717) is 6.04 Å². The quantitative estimate of drug-likeness (QED) is 0.268. The van der Waals surface area contributed by atoms with Gasteiger partial charge in [0.2, 0.25) is 0 Å². The summed E-state index contributed by atoms with van der Waals surface area (Å²) in [5.74, 6) is 0.755. The van der Waals surface area contributed by atoms with Crippen LogP contribution in [0.5, 0.6) is 0 Å². The third-order valence-electron chi connectivity index (χ3n) is 5.07. The monoisotopic (exact) mass is 371 g/mol. The normalized spacial score (nSPS) is 11.3. The van der Waals surface area contributed by atoms with E-state index in [1.807, 2.05) is 0 Å². The van der Waals surface area contributed by atoms with Gasteiger partial charge in [-0.15, -0.1) is 0 Å². The van der Waals surface area contributed by atoms with Gasteiger partial charge in [0, 0.05) is 12.6 Å². The van der Waals surface area contributed by atoms with Crippen molar-refractivity contribution in [3.63, 3.8) is 0 Å². The maximum Gasteiger partial charge on any atom is 0.0558 e. The van der Waals surface area contributed by atoms with Crippen molar-refractivity contribution >= 4 is 0 Å². The molecular formula is C24H53NO. The van der Waals surface area contributed by atoms with Crippen molar-refractivity contribution in [2.75, 3.05) is 19.7 Å². The minimum absolute atomic E-state index is 0.274. The highest BCUT2D eigenvalue weighted by Gasteiger charge is 2.08. The molecule has 0 amide bonds. The summed E-state index contributed by atoms with van der Waals surface area (Å²) in [5.41, 5.74) is 0. The zero-order valence-corrected chi connectivity index (χ0v) is 19.4. The molecule has 2 heteroatoms. The molecule has 0 aromatic heterocycles. The molecule has 26 heavy (non-hydrogen) atoms. The molecule has 0 spiro atoms. The Hall–Kier alpha value is -0.0800. The predicted octanol–water partition coefficient (Wildman–Crippen LogP) is 7.44. The second kappa shape index (κ2) is 23.0.